The zero-order valence-electron chi connectivity index (χ0n) is 16.3. The summed E-state index contributed by atoms with van der Waals surface area (Å²) >= 11 is 0. The van der Waals surface area contributed by atoms with E-state index in [-0.39, 0.29) is 29.2 Å². The van der Waals surface area contributed by atoms with Crippen molar-refractivity contribution in [1.82, 2.24) is 0 Å². The van der Waals surface area contributed by atoms with E-state index in [1.165, 1.54) is 0 Å². The van der Waals surface area contributed by atoms with Crippen LogP contribution in [0.3, 0.4) is 0 Å². The average Bonchev–Trinajstić information content (AvgIpc) is 2.40. The first-order valence-corrected chi connectivity index (χ1v) is 8.83. The van der Waals surface area contributed by atoms with E-state index in [0.29, 0.717) is 19.6 Å². The molecule has 4 heteroatoms. The van der Waals surface area contributed by atoms with Crippen LogP contribution >= 0.6 is 0 Å². The molecular weight excluding hydrogens is 292 g/mol. The highest BCUT2D eigenvalue weighted by Crippen LogP contribution is 2.36. The van der Waals surface area contributed by atoms with E-state index >= 15 is 0 Å². The number of hydrogen-bond donors (Lipinski definition) is 0. The van der Waals surface area contributed by atoms with Crippen molar-refractivity contribution in [3.8, 4) is 0 Å². The zero-order valence-corrected chi connectivity index (χ0v) is 16.3. The quantitative estimate of drug-likeness (QED) is 0.586. The van der Waals surface area contributed by atoms with Gasteiger partial charge in [-0.05, 0) is 23.7 Å². The standard InChI is InChI=1S/C19H36O4/c1-9-10-15(17(20)22-11-13(2)3)16(19(6,7)8)18(21)23-12-14(4)5/h13-16H,9-12H2,1-8H3. The Balaban J connectivity index is 5.25. The van der Waals surface area contributed by atoms with E-state index in [4.69, 9.17) is 9.47 Å². The number of carbonyl (C=O) groups excluding carboxylic acids is 2. The molecule has 0 aliphatic heterocycles. The molecule has 0 aromatic heterocycles. The molecule has 0 rings (SSSR count). The lowest BCUT2D eigenvalue weighted by molar-refractivity contribution is -0.167. The maximum Gasteiger partial charge on any atom is 0.310 e. The molecule has 23 heavy (non-hydrogen) atoms. The van der Waals surface area contributed by atoms with Crippen molar-refractivity contribution in [3.63, 3.8) is 0 Å². The highest BCUT2D eigenvalue weighted by Gasteiger charge is 2.43. The molecule has 0 radical (unpaired) electrons. The average molecular weight is 328 g/mol. The smallest absolute Gasteiger partial charge is 0.310 e. The van der Waals surface area contributed by atoms with Crippen LogP contribution in [-0.4, -0.2) is 25.2 Å². The lowest BCUT2D eigenvalue weighted by Gasteiger charge is -2.34. The van der Waals surface area contributed by atoms with Crippen molar-refractivity contribution >= 4 is 11.9 Å². The van der Waals surface area contributed by atoms with Crippen molar-refractivity contribution < 1.29 is 19.1 Å². The van der Waals surface area contributed by atoms with Crippen molar-refractivity contribution in [2.75, 3.05) is 13.2 Å². The minimum Gasteiger partial charge on any atom is -0.465 e. The maximum atomic E-state index is 12.6. The van der Waals surface area contributed by atoms with Gasteiger partial charge in [-0.15, -0.1) is 0 Å². The number of hydrogen-bond acceptors (Lipinski definition) is 4. The van der Waals surface area contributed by atoms with Crippen LogP contribution in [0.1, 0.15) is 68.2 Å². The van der Waals surface area contributed by atoms with Crippen LogP contribution in [0.4, 0.5) is 0 Å². The summed E-state index contributed by atoms with van der Waals surface area (Å²) in [5, 5.41) is 0. The van der Waals surface area contributed by atoms with Gasteiger partial charge in [0.25, 0.3) is 0 Å². The molecule has 0 heterocycles. The Hall–Kier alpha value is -1.06. The van der Waals surface area contributed by atoms with Gasteiger partial charge in [-0.2, -0.15) is 0 Å². The third kappa shape index (κ3) is 8.38. The van der Waals surface area contributed by atoms with Gasteiger partial charge in [0.05, 0.1) is 25.0 Å². The second-order valence-electron chi connectivity index (χ2n) is 8.29. The maximum absolute atomic E-state index is 12.6. The molecule has 0 saturated carbocycles. The third-order valence-electron chi connectivity index (χ3n) is 3.61. The first-order chi connectivity index (χ1) is 10.5. The van der Waals surface area contributed by atoms with Crippen LogP contribution in [0, 0.1) is 29.1 Å². The van der Waals surface area contributed by atoms with Crippen molar-refractivity contribution in [2.24, 2.45) is 29.1 Å². The molecule has 0 fully saturated rings. The summed E-state index contributed by atoms with van der Waals surface area (Å²) in [7, 11) is 0. The minimum atomic E-state index is -0.485. The highest BCUT2D eigenvalue weighted by atomic mass is 16.5. The van der Waals surface area contributed by atoms with Crippen LogP contribution in [0.2, 0.25) is 0 Å². The van der Waals surface area contributed by atoms with Gasteiger partial charge >= 0.3 is 11.9 Å². The summed E-state index contributed by atoms with van der Waals surface area (Å²) in [5.74, 6) is -0.938. The van der Waals surface area contributed by atoms with Gasteiger partial charge in [0, 0.05) is 0 Å². The summed E-state index contributed by atoms with van der Waals surface area (Å²) in [5.41, 5.74) is -0.356. The Bertz CT molecular complexity index is 366. The topological polar surface area (TPSA) is 52.6 Å². The van der Waals surface area contributed by atoms with E-state index in [1.807, 2.05) is 55.4 Å². The molecule has 0 N–H and O–H groups in total. The van der Waals surface area contributed by atoms with Gasteiger partial charge < -0.3 is 9.47 Å². The molecule has 0 aromatic rings. The number of esters is 2. The Morgan fingerprint density at radius 2 is 1.30 bits per heavy atom. The molecule has 136 valence electrons. The Morgan fingerprint density at radius 1 is 0.870 bits per heavy atom. The Labute approximate surface area is 142 Å². The second kappa shape index (κ2) is 9.94. The Kier molecular flexibility index (Phi) is 9.48. The molecule has 0 spiro atoms. The van der Waals surface area contributed by atoms with Crippen molar-refractivity contribution in [3.05, 3.63) is 0 Å². The van der Waals surface area contributed by atoms with Gasteiger partial charge in [-0.25, -0.2) is 0 Å². The first-order valence-electron chi connectivity index (χ1n) is 8.83. The summed E-state index contributed by atoms with van der Waals surface area (Å²) in [4.78, 5) is 25.2. The predicted molar refractivity (Wildman–Crippen MR) is 92.9 cm³/mol. The molecule has 0 saturated heterocycles. The summed E-state index contributed by atoms with van der Waals surface area (Å²) in [6.45, 7) is 16.7. The number of carbonyl (C=O) groups is 2. The van der Waals surface area contributed by atoms with Gasteiger partial charge in [0.15, 0.2) is 0 Å². The van der Waals surface area contributed by atoms with Gasteiger partial charge in [0.2, 0.25) is 0 Å². The highest BCUT2D eigenvalue weighted by molar-refractivity contribution is 5.82. The van der Waals surface area contributed by atoms with E-state index in [9.17, 15) is 9.59 Å². The molecule has 0 aliphatic rings. The number of ether oxygens (including phenoxy) is 2. The summed E-state index contributed by atoms with van der Waals surface area (Å²) in [6.07, 6.45) is 1.46. The van der Waals surface area contributed by atoms with E-state index in [2.05, 4.69) is 0 Å². The zero-order chi connectivity index (χ0) is 18.2. The van der Waals surface area contributed by atoms with Gasteiger partial charge in [-0.3, -0.25) is 9.59 Å². The Morgan fingerprint density at radius 3 is 1.65 bits per heavy atom. The summed E-state index contributed by atoms with van der Waals surface area (Å²) < 4.78 is 10.9. The fraction of sp³-hybridized carbons (Fsp3) is 0.895. The molecule has 2 unspecified atom stereocenters. The predicted octanol–water partition coefficient (Wildman–Crippen LogP) is 4.46. The minimum absolute atomic E-state index is 0.275. The lowest BCUT2D eigenvalue weighted by Crippen LogP contribution is -2.41. The second-order valence-corrected chi connectivity index (χ2v) is 8.29. The number of rotatable bonds is 9. The summed E-state index contributed by atoms with van der Waals surface area (Å²) in [6, 6.07) is 0. The molecule has 0 aromatic carbocycles. The van der Waals surface area contributed by atoms with Gasteiger partial charge in [-0.1, -0.05) is 61.8 Å². The molecule has 2 atom stereocenters. The molecule has 0 amide bonds. The largest absolute Gasteiger partial charge is 0.465 e. The normalized spacial score (nSPS) is 14.7. The lowest BCUT2D eigenvalue weighted by atomic mass is 9.71. The fourth-order valence-electron chi connectivity index (χ4n) is 2.55. The molecular formula is C19H36O4. The molecule has 0 bridgehead atoms. The third-order valence-corrected chi connectivity index (χ3v) is 3.61. The van der Waals surface area contributed by atoms with Crippen LogP contribution in [-0.2, 0) is 19.1 Å². The monoisotopic (exact) mass is 328 g/mol. The SMILES string of the molecule is CCCC(C(=O)OCC(C)C)C(C(=O)OCC(C)C)C(C)(C)C. The van der Waals surface area contributed by atoms with E-state index < -0.39 is 11.8 Å². The van der Waals surface area contributed by atoms with E-state index in [1.54, 1.807) is 0 Å². The molecule has 4 nitrogen and oxygen atoms in total. The van der Waals surface area contributed by atoms with Crippen molar-refractivity contribution in [1.29, 1.82) is 0 Å². The first kappa shape index (κ1) is 21.9. The van der Waals surface area contributed by atoms with Crippen LogP contribution in [0.25, 0.3) is 0 Å². The van der Waals surface area contributed by atoms with Crippen LogP contribution in [0.15, 0.2) is 0 Å². The van der Waals surface area contributed by atoms with Crippen LogP contribution < -0.4 is 0 Å². The molecule has 0 aliphatic carbocycles. The van der Waals surface area contributed by atoms with Crippen molar-refractivity contribution in [2.45, 2.75) is 68.2 Å². The van der Waals surface area contributed by atoms with Crippen LogP contribution in [0.5, 0.6) is 0 Å². The van der Waals surface area contributed by atoms with E-state index in [0.717, 1.165) is 6.42 Å². The fourth-order valence-corrected chi connectivity index (χ4v) is 2.55. The van der Waals surface area contributed by atoms with Gasteiger partial charge in [0.1, 0.15) is 0 Å².